The Morgan fingerprint density at radius 1 is 1.04 bits per heavy atom. The summed E-state index contributed by atoms with van der Waals surface area (Å²) in [6.45, 7) is 2.88. The molecule has 1 unspecified atom stereocenters. The molecule has 2 aromatic carbocycles. The average Bonchev–Trinajstić information content (AvgIpc) is 2.62. The highest BCUT2D eigenvalue weighted by Gasteiger charge is 2.11. The minimum Gasteiger partial charge on any atom is -0.352 e. The van der Waals surface area contributed by atoms with Gasteiger partial charge in [-0.3, -0.25) is 9.59 Å². The van der Waals surface area contributed by atoms with Crippen molar-refractivity contribution in [2.45, 2.75) is 13.5 Å². The first-order valence-electron chi connectivity index (χ1n) is 8.07. The highest BCUT2D eigenvalue weighted by Crippen LogP contribution is 2.11. The van der Waals surface area contributed by atoms with Crippen molar-refractivity contribution in [2.75, 3.05) is 18.9 Å². The van der Waals surface area contributed by atoms with Gasteiger partial charge in [0.1, 0.15) is 5.82 Å². The first kappa shape index (κ1) is 18.6. The Balaban J connectivity index is 1.89. The molecule has 0 radical (unpaired) electrons. The van der Waals surface area contributed by atoms with Crippen LogP contribution in [0.1, 0.15) is 22.8 Å². The third kappa shape index (κ3) is 5.69. The molecule has 0 fully saturated rings. The lowest BCUT2D eigenvalue weighted by Gasteiger charge is -2.12. The van der Waals surface area contributed by atoms with Crippen molar-refractivity contribution in [3.05, 3.63) is 65.5 Å². The molecular formula is C19H22FN3O2. The van der Waals surface area contributed by atoms with Crippen LogP contribution in [0.2, 0.25) is 0 Å². The van der Waals surface area contributed by atoms with Gasteiger partial charge in [0.05, 0.1) is 0 Å². The Hall–Kier alpha value is -2.73. The Bertz CT molecular complexity index is 714. The zero-order chi connectivity index (χ0) is 18.2. The van der Waals surface area contributed by atoms with Crippen molar-refractivity contribution >= 4 is 17.5 Å². The standard InChI is InChI=1S/C19H22FN3O2/c1-13(11-21-2)18(24)22-12-14-3-5-15(6-4-14)19(25)23-17-9-7-16(20)8-10-17/h3-10,13,21H,11-12H2,1-2H3,(H,22,24)(H,23,25). The third-order valence-electron chi connectivity index (χ3n) is 3.74. The maximum atomic E-state index is 12.9. The quantitative estimate of drug-likeness (QED) is 0.724. The van der Waals surface area contributed by atoms with Crippen molar-refractivity contribution in [3.8, 4) is 0 Å². The fourth-order valence-electron chi connectivity index (χ4n) is 2.27. The molecule has 2 rings (SSSR count). The summed E-state index contributed by atoms with van der Waals surface area (Å²) in [6.07, 6.45) is 0. The Labute approximate surface area is 146 Å². The molecule has 25 heavy (non-hydrogen) atoms. The fraction of sp³-hybridized carbons (Fsp3) is 0.263. The van der Waals surface area contributed by atoms with Gasteiger partial charge in [0.25, 0.3) is 5.91 Å². The SMILES string of the molecule is CNCC(C)C(=O)NCc1ccc(C(=O)Nc2ccc(F)cc2)cc1. The monoisotopic (exact) mass is 343 g/mol. The molecule has 6 heteroatoms. The number of hydrogen-bond donors (Lipinski definition) is 3. The number of carbonyl (C=O) groups excluding carboxylic acids is 2. The van der Waals surface area contributed by atoms with E-state index >= 15 is 0 Å². The van der Waals surface area contributed by atoms with E-state index in [4.69, 9.17) is 0 Å². The first-order chi connectivity index (χ1) is 12.0. The summed E-state index contributed by atoms with van der Waals surface area (Å²) in [6, 6.07) is 12.6. The van der Waals surface area contributed by atoms with Gasteiger partial charge in [0, 0.05) is 30.3 Å². The van der Waals surface area contributed by atoms with E-state index in [2.05, 4.69) is 16.0 Å². The lowest BCUT2D eigenvalue weighted by molar-refractivity contribution is -0.124. The molecule has 0 saturated heterocycles. The van der Waals surface area contributed by atoms with Gasteiger partial charge in [-0.1, -0.05) is 19.1 Å². The van der Waals surface area contributed by atoms with Crippen LogP contribution in [-0.4, -0.2) is 25.4 Å². The van der Waals surface area contributed by atoms with E-state index in [1.165, 1.54) is 24.3 Å². The van der Waals surface area contributed by atoms with Crippen molar-refractivity contribution < 1.29 is 14.0 Å². The molecule has 0 aromatic heterocycles. The van der Waals surface area contributed by atoms with E-state index in [-0.39, 0.29) is 23.5 Å². The number of carbonyl (C=O) groups is 2. The van der Waals surface area contributed by atoms with Gasteiger partial charge in [0.15, 0.2) is 0 Å². The predicted molar refractivity (Wildman–Crippen MR) is 95.7 cm³/mol. The number of rotatable bonds is 7. The third-order valence-corrected chi connectivity index (χ3v) is 3.74. The van der Waals surface area contributed by atoms with Gasteiger partial charge < -0.3 is 16.0 Å². The number of benzene rings is 2. The number of nitrogens with one attached hydrogen (secondary N) is 3. The highest BCUT2D eigenvalue weighted by molar-refractivity contribution is 6.04. The molecule has 0 aliphatic carbocycles. The van der Waals surface area contributed by atoms with Crippen LogP contribution in [0, 0.1) is 11.7 Å². The van der Waals surface area contributed by atoms with Crippen molar-refractivity contribution in [1.29, 1.82) is 0 Å². The molecule has 2 aromatic rings. The van der Waals surface area contributed by atoms with E-state index in [0.29, 0.717) is 24.3 Å². The summed E-state index contributed by atoms with van der Waals surface area (Å²) in [4.78, 5) is 24.0. The van der Waals surface area contributed by atoms with Crippen LogP contribution >= 0.6 is 0 Å². The summed E-state index contributed by atoms with van der Waals surface area (Å²) in [5, 5.41) is 8.53. The Morgan fingerprint density at radius 2 is 1.68 bits per heavy atom. The van der Waals surface area contributed by atoms with Crippen molar-refractivity contribution in [1.82, 2.24) is 10.6 Å². The van der Waals surface area contributed by atoms with Gasteiger partial charge in [-0.2, -0.15) is 0 Å². The van der Waals surface area contributed by atoms with Crippen molar-refractivity contribution in [3.63, 3.8) is 0 Å². The summed E-state index contributed by atoms with van der Waals surface area (Å²) in [7, 11) is 1.81. The molecule has 0 spiro atoms. The second-order valence-electron chi connectivity index (χ2n) is 5.83. The average molecular weight is 343 g/mol. The van der Waals surface area contributed by atoms with Gasteiger partial charge >= 0.3 is 0 Å². The van der Waals surface area contributed by atoms with Crippen LogP contribution in [0.15, 0.2) is 48.5 Å². The molecule has 0 saturated carbocycles. The Kier molecular flexibility index (Phi) is 6.65. The zero-order valence-corrected chi connectivity index (χ0v) is 14.3. The second-order valence-corrected chi connectivity index (χ2v) is 5.83. The summed E-state index contributed by atoms with van der Waals surface area (Å²) >= 11 is 0. The van der Waals surface area contributed by atoms with Crippen LogP contribution in [0.4, 0.5) is 10.1 Å². The fourth-order valence-corrected chi connectivity index (χ4v) is 2.27. The molecule has 0 heterocycles. The summed E-state index contributed by atoms with van der Waals surface area (Å²) in [5.74, 6) is -0.753. The molecule has 0 aliphatic rings. The highest BCUT2D eigenvalue weighted by atomic mass is 19.1. The first-order valence-corrected chi connectivity index (χ1v) is 8.07. The lowest BCUT2D eigenvalue weighted by atomic mass is 10.1. The van der Waals surface area contributed by atoms with Crippen LogP contribution in [0.5, 0.6) is 0 Å². The van der Waals surface area contributed by atoms with Crippen LogP contribution in [0.25, 0.3) is 0 Å². The smallest absolute Gasteiger partial charge is 0.255 e. The molecule has 1 atom stereocenters. The normalized spacial score (nSPS) is 11.6. The summed E-state index contributed by atoms with van der Waals surface area (Å²) in [5.41, 5.74) is 1.92. The van der Waals surface area contributed by atoms with E-state index in [1.54, 1.807) is 31.3 Å². The number of anilines is 1. The van der Waals surface area contributed by atoms with Crippen LogP contribution in [-0.2, 0) is 11.3 Å². The van der Waals surface area contributed by atoms with Crippen LogP contribution < -0.4 is 16.0 Å². The molecule has 132 valence electrons. The predicted octanol–water partition coefficient (Wildman–Crippen LogP) is 2.55. The second kappa shape index (κ2) is 8.94. The Morgan fingerprint density at radius 3 is 2.28 bits per heavy atom. The zero-order valence-electron chi connectivity index (χ0n) is 14.3. The number of hydrogen-bond acceptors (Lipinski definition) is 3. The van der Waals surface area contributed by atoms with Gasteiger partial charge in [0.2, 0.25) is 5.91 Å². The molecule has 0 bridgehead atoms. The summed E-state index contributed by atoms with van der Waals surface area (Å²) < 4.78 is 12.9. The molecule has 2 amide bonds. The van der Waals surface area contributed by atoms with Crippen molar-refractivity contribution in [2.24, 2.45) is 5.92 Å². The maximum Gasteiger partial charge on any atom is 0.255 e. The van der Waals surface area contributed by atoms with E-state index in [1.807, 2.05) is 6.92 Å². The number of halogens is 1. The molecule has 5 nitrogen and oxygen atoms in total. The molecule has 3 N–H and O–H groups in total. The van der Waals surface area contributed by atoms with Gasteiger partial charge in [-0.05, 0) is 49.0 Å². The van der Waals surface area contributed by atoms with Crippen LogP contribution in [0.3, 0.4) is 0 Å². The lowest BCUT2D eigenvalue weighted by Crippen LogP contribution is -2.33. The maximum absolute atomic E-state index is 12.9. The minimum atomic E-state index is -0.353. The minimum absolute atomic E-state index is 0.0209. The van der Waals surface area contributed by atoms with E-state index in [9.17, 15) is 14.0 Å². The largest absolute Gasteiger partial charge is 0.352 e. The molecular weight excluding hydrogens is 321 g/mol. The van der Waals surface area contributed by atoms with Gasteiger partial charge in [-0.25, -0.2) is 4.39 Å². The van der Waals surface area contributed by atoms with Gasteiger partial charge in [-0.15, -0.1) is 0 Å². The van der Waals surface area contributed by atoms with E-state index in [0.717, 1.165) is 5.56 Å². The van der Waals surface area contributed by atoms with E-state index < -0.39 is 0 Å². The topological polar surface area (TPSA) is 70.2 Å². The molecule has 0 aliphatic heterocycles. The number of amides is 2.